The Bertz CT molecular complexity index is 334. The molecule has 7 nitrogen and oxygen atoms in total. The van der Waals surface area contributed by atoms with Crippen LogP contribution >= 0.6 is 0 Å². The highest BCUT2D eigenvalue weighted by Crippen LogP contribution is 2.03. The van der Waals surface area contributed by atoms with Gasteiger partial charge in [0, 0.05) is 6.42 Å². The Balaban J connectivity index is 4.58. The topological polar surface area (TPSA) is 127 Å². The van der Waals surface area contributed by atoms with Crippen molar-refractivity contribution in [2.24, 2.45) is 0 Å². The molecule has 102 valence electrons. The van der Waals surface area contributed by atoms with Crippen LogP contribution in [0.5, 0.6) is 0 Å². The first-order valence-electron chi connectivity index (χ1n) is 5.37. The highest BCUT2D eigenvalue weighted by molar-refractivity contribution is 5.95. The van der Waals surface area contributed by atoms with Crippen molar-refractivity contribution in [3.05, 3.63) is 0 Å². The van der Waals surface area contributed by atoms with E-state index < -0.39 is 36.9 Å². The SMILES string of the molecule is CCC#CC(=O)N[C@H](C=O)[C@@H](O)[C@H](O)[C@H](O)CO. The van der Waals surface area contributed by atoms with Crippen molar-refractivity contribution in [1.29, 1.82) is 0 Å². The van der Waals surface area contributed by atoms with E-state index in [2.05, 4.69) is 17.2 Å². The van der Waals surface area contributed by atoms with Crippen molar-refractivity contribution >= 4 is 12.2 Å². The Kier molecular flexibility index (Phi) is 7.91. The molecular weight excluding hydrogens is 242 g/mol. The van der Waals surface area contributed by atoms with Crippen LogP contribution in [-0.2, 0) is 9.59 Å². The lowest BCUT2D eigenvalue weighted by Gasteiger charge is -2.25. The van der Waals surface area contributed by atoms with Gasteiger partial charge in [0.15, 0.2) is 0 Å². The Morgan fingerprint density at radius 2 is 1.94 bits per heavy atom. The van der Waals surface area contributed by atoms with E-state index in [9.17, 15) is 19.8 Å². The predicted molar refractivity (Wildman–Crippen MR) is 61.2 cm³/mol. The second-order valence-corrected chi connectivity index (χ2v) is 3.52. The van der Waals surface area contributed by atoms with Crippen molar-refractivity contribution < 1.29 is 30.0 Å². The fourth-order valence-electron chi connectivity index (χ4n) is 1.10. The van der Waals surface area contributed by atoms with E-state index in [1.165, 1.54) is 0 Å². The maximum absolute atomic E-state index is 11.2. The minimum Gasteiger partial charge on any atom is -0.394 e. The number of amides is 1. The molecule has 18 heavy (non-hydrogen) atoms. The molecule has 0 aromatic heterocycles. The summed E-state index contributed by atoms with van der Waals surface area (Å²) in [6, 6.07) is -1.42. The van der Waals surface area contributed by atoms with Crippen LogP contribution in [0.3, 0.4) is 0 Å². The lowest BCUT2D eigenvalue weighted by molar-refractivity contribution is -0.127. The van der Waals surface area contributed by atoms with Gasteiger partial charge in [0.1, 0.15) is 30.6 Å². The zero-order valence-electron chi connectivity index (χ0n) is 9.91. The van der Waals surface area contributed by atoms with Crippen LogP contribution in [0.2, 0.25) is 0 Å². The number of hydrogen-bond acceptors (Lipinski definition) is 6. The molecule has 0 aromatic rings. The molecule has 0 saturated carbocycles. The summed E-state index contributed by atoms with van der Waals surface area (Å²) in [5.41, 5.74) is 0. The predicted octanol–water partition coefficient (Wildman–Crippen LogP) is -2.84. The average Bonchev–Trinajstić information content (AvgIpc) is 2.39. The summed E-state index contributed by atoms with van der Waals surface area (Å²) in [5, 5.41) is 38.7. The summed E-state index contributed by atoms with van der Waals surface area (Å²) in [4.78, 5) is 21.9. The van der Waals surface area contributed by atoms with Gasteiger partial charge in [-0.3, -0.25) is 4.79 Å². The fraction of sp³-hybridized carbons (Fsp3) is 0.636. The number of aliphatic hydroxyl groups is 4. The van der Waals surface area contributed by atoms with Crippen molar-refractivity contribution in [1.82, 2.24) is 5.32 Å². The number of carbonyl (C=O) groups is 2. The van der Waals surface area contributed by atoms with Gasteiger partial charge in [-0.2, -0.15) is 0 Å². The van der Waals surface area contributed by atoms with Gasteiger partial charge in [0.2, 0.25) is 0 Å². The van der Waals surface area contributed by atoms with Gasteiger partial charge in [-0.15, -0.1) is 0 Å². The molecule has 0 fully saturated rings. The van der Waals surface area contributed by atoms with E-state index >= 15 is 0 Å². The molecule has 0 aliphatic carbocycles. The molecule has 0 saturated heterocycles. The van der Waals surface area contributed by atoms with Gasteiger partial charge < -0.3 is 30.5 Å². The quantitative estimate of drug-likeness (QED) is 0.258. The maximum Gasteiger partial charge on any atom is 0.296 e. The van der Waals surface area contributed by atoms with Crippen molar-refractivity contribution in [2.75, 3.05) is 6.61 Å². The van der Waals surface area contributed by atoms with Crippen LogP contribution in [0.25, 0.3) is 0 Å². The second-order valence-electron chi connectivity index (χ2n) is 3.52. The van der Waals surface area contributed by atoms with Crippen LogP contribution in [0.4, 0.5) is 0 Å². The minimum atomic E-state index is -1.76. The largest absolute Gasteiger partial charge is 0.394 e. The Morgan fingerprint density at radius 1 is 1.33 bits per heavy atom. The normalized spacial score (nSPS) is 16.7. The highest BCUT2D eigenvalue weighted by atomic mass is 16.4. The number of aliphatic hydroxyl groups excluding tert-OH is 4. The van der Waals surface area contributed by atoms with E-state index in [1.54, 1.807) is 6.92 Å². The number of hydrogen-bond donors (Lipinski definition) is 5. The van der Waals surface area contributed by atoms with Crippen LogP contribution in [0.1, 0.15) is 13.3 Å². The average molecular weight is 259 g/mol. The molecule has 1 amide bonds. The Labute approximate surface area is 104 Å². The van der Waals surface area contributed by atoms with Crippen LogP contribution < -0.4 is 5.32 Å². The lowest BCUT2D eigenvalue weighted by atomic mass is 10.0. The molecule has 0 aliphatic rings. The highest BCUT2D eigenvalue weighted by Gasteiger charge is 2.31. The Hall–Kier alpha value is -1.46. The molecule has 0 rings (SSSR count). The number of aldehydes is 1. The van der Waals surface area contributed by atoms with Crippen LogP contribution in [-0.4, -0.2) is 63.6 Å². The molecule has 0 unspecified atom stereocenters. The smallest absolute Gasteiger partial charge is 0.296 e. The van der Waals surface area contributed by atoms with Gasteiger partial charge in [-0.05, 0) is 5.92 Å². The number of carbonyl (C=O) groups excluding carboxylic acids is 2. The first kappa shape index (κ1) is 16.5. The van der Waals surface area contributed by atoms with Crippen molar-refractivity contribution in [3.63, 3.8) is 0 Å². The minimum absolute atomic E-state index is 0.212. The molecule has 0 radical (unpaired) electrons. The zero-order valence-corrected chi connectivity index (χ0v) is 9.91. The molecular formula is C11H17NO6. The lowest BCUT2D eigenvalue weighted by Crippen LogP contribution is -2.53. The molecule has 0 bridgehead atoms. The van der Waals surface area contributed by atoms with Gasteiger partial charge in [0.05, 0.1) is 6.61 Å². The summed E-state index contributed by atoms with van der Waals surface area (Å²) >= 11 is 0. The molecule has 5 N–H and O–H groups in total. The molecule has 0 aliphatic heterocycles. The van der Waals surface area contributed by atoms with E-state index in [1.807, 2.05) is 0 Å². The molecule has 0 aromatic carbocycles. The standard InChI is InChI=1S/C11H17NO6/c1-2-3-4-9(16)12-7(5-13)10(17)11(18)8(15)6-14/h5,7-8,10-11,14-15,17-18H,2,6H2,1H3,(H,12,16)/t7-,8-,10-,11-/m1/s1. The third kappa shape index (κ3) is 5.25. The summed E-state index contributed by atoms with van der Waals surface area (Å²) in [6.07, 6.45) is -4.44. The zero-order chi connectivity index (χ0) is 14.1. The van der Waals surface area contributed by atoms with Gasteiger partial charge in [0.25, 0.3) is 5.91 Å². The molecule has 0 spiro atoms. The fourth-order valence-corrected chi connectivity index (χ4v) is 1.10. The van der Waals surface area contributed by atoms with E-state index in [4.69, 9.17) is 10.2 Å². The third-order valence-corrected chi connectivity index (χ3v) is 2.12. The number of rotatable bonds is 6. The molecule has 0 heterocycles. The monoisotopic (exact) mass is 259 g/mol. The molecule has 7 heteroatoms. The van der Waals surface area contributed by atoms with E-state index in [0.717, 1.165) is 0 Å². The second kappa shape index (κ2) is 8.60. The Morgan fingerprint density at radius 3 is 2.39 bits per heavy atom. The summed E-state index contributed by atoms with van der Waals surface area (Å²) in [5.74, 6) is 3.86. The first-order valence-corrected chi connectivity index (χ1v) is 5.37. The maximum atomic E-state index is 11.2. The van der Waals surface area contributed by atoms with Gasteiger partial charge >= 0.3 is 0 Å². The van der Waals surface area contributed by atoms with Crippen LogP contribution in [0, 0.1) is 11.8 Å². The van der Waals surface area contributed by atoms with Crippen LogP contribution in [0.15, 0.2) is 0 Å². The van der Waals surface area contributed by atoms with Gasteiger partial charge in [-0.25, -0.2) is 0 Å². The first-order chi connectivity index (χ1) is 8.47. The van der Waals surface area contributed by atoms with Crippen molar-refractivity contribution in [3.8, 4) is 11.8 Å². The number of nitrogens with one attached hydrogen (secondary N) is 1. The van der Waals surface area contributed by atoms with Gasteiger partial charge in [-0.1, -0.05) is 12.8 Å². The summed E-state index contributed by atoms with van der Waals surface area (Å²) in [7, 11) is 0. The third-order valence-electron chi connectivity index (χ3n) is 2.12. The van der Waals surface area contributed by atoms with E-state index in [-0.39, 0.29) is 6.29 Å². The summed E-state index contributed by atoms with van der Waals surface area (Å²) in [6.45, 7) is 0.946. The van der Waals surface area contributed by atoms with E-state index in [0.29, 0.717) is 6.42 Å². The summed E-state index contributed by atoms with van der Waals surface area (Å²) < 4.78 is 0. The molecule has 4 atom stereocenters. The van der Waals surface area contributed by atoms with Crippen molar-refractivity contribution in [2.45, 2.75) is 37.7 Å².